The lowest BCUT2D eigenvalue weighted by atomic mass is 9.76. The molecule has 0 aliphatic heterocycles. The zero-order valence-electron chi connectivity index (χ0n) is 8.49. The second kappa shape index (κ2) is 3.65. The van der Waals surface area contributed by atoms with Crippen LogP contribution in [0.1, 0.15) is 36.8 Å². The first-order valence-corrected chi connectivity index (χ1v) is 6.06. The maximum atomic E-state index is 9.46. The molecule has 78 valence electrons. The number of nitrogens with two attached hydrogens (primary N) is 1. The molecule has 3 heteroatoms. The molecule has 0 saturated heterocycles. The number of hydrogen-bond acceptors (Lipinski definition) is 3. The Bertz CT molecular complexity index is 313. The summed E-state index contributed by atoms with van der Waals surface area (Å²) in [6, 6.07) is 0. The van der Waals surface area contributed by atoms with Crippen molar-refractivity contribution in [2.24, 2.45) is 5.73 Å². The topological polar surface area (TPSA) is 46.2 Å². The molecule has 2 nitrogen and oxygen atoms in total. The van der Waals surface area contributed by atoms with Crippen molar-refractivity contribution in [3.8, 4) is 0 Å². The van der Waals surface area contributed by atoms with Gasteiger partial charge in [-0.25, -0.2) is 0 Å². The number of rotatable bonds is 1. The first-order valence-electron chi connectivity index (χ1n) is 5.12. The van der Waals surface area contributed by atoms with E-state index < -0.39 is 0 Å². The van der Waals surface area contributed by atoms with Gasteiger partial charge in [0.25, 0.3) is 0 Å². The van der Waals surface area contributed by atoms with Gasteiger partial charge in [-0.1, -0.05) is 0 Å². The highest BCUT2D eigenvalue weighted by Gasteiger charge is 2.33. The predicted molar refractivity (Wildman–Crippen MR) is 59.4 cm³/mol. The third-order valence-electron chi connectivity index (χ3n) is 3.24. The summed E-state index contributed by atoms with van der Waals surface area (Å²) in [6.07, 6.45) is 3.36. The molecule has 0 bridgehead atoms. The van der Waals surface area contributed by atoms with Gasteiger partial charge in [-0.15, -0.1) is 0 Å². The van der Waals surface area contributed by atoms with E-state index in [-0.39, 0.29) is 11.6 Å². The molecule has 1 aromatic rings. The van der Waals surface area contributed by atoms with E-state index in [9.17, 15) is 5.11 Å². The lowest BCUT2D eigenvalue weighted by molar-refractivity contribution is 0.0968. The molecule has 0 aromatic carbocycles. The van der Waals surface area contributed by atoms with E-state index in [1.165, 1.54) is 11.1 Å². The fourth-order valence-electron chi connectivity index (χ4n) is 2.26. The zero-order valence-corrected chi connectivity index (χ0v) is 9.31. The van der Waals surface area contributed by atoms with Crippen LogP contribution in [-0.4, -0.2) is 11.2 Å². The Morgan fingerprint density at radius 3 is 2.57 bits per heavy atom. The second-order valence-corrected chi connectivity index (χ2v) is 5.10. The van der Waals surface area contributed by atoms with Gasteiger partial charge in [0, 0.05) is 5.54 Å². The molecule has 1 aliphatic carbocycles. The Hall–Kier alpha value is -0.380. The van der Waals surface area contributed by atoms with Crippen LogP contribution < -0.4 is 5.73 Å². The second-order valence-electron chi connectivity index (χ2n) is 4.36. The summed E-state index contributed by atoms with van der Waals surface area (Å²) in [7, 11) is 0. The van der Waals surface area contributed by atoms with E-state index in [0.29, 0.717) is 0 Å². The van der Waals surface area contributed by atoms with E-state index in [4.69, 9.17) is 5.73 Å². The highest BCUT2D eigenvalue weighted by molar-refractivity contribution is 7.08. The molecule has 3 N–H and O–H groups in total. The van der Waals surface area contributed by atoms with Crippen LogP contribution in [0.4, 0.5) is 0 Å². The number of aliphatic hydroxyl groups is 1. The van der Waals surface area contributed by atoms with Crippen LogP contribution in [0, 0.1) is 6.92 Å². The average Bonchev–Trinajstić information content (AvgIpc) is 2.58. The van der Waals surface area contributed by atoms with Crippen molar-refractivity contribution in [3.63, 3.8) is 0 Å². The fraction of sp³-hybridized carbons (Fsp3) is 0.636. The van der Waals surface area contributed by atoms with Crippen LogP contribution in [0.2, 0.25) is 0 Å². The SMILES string of the molecule is Cc1cscc1C1(N)CCC(O)CC1. The Morgan fingerprint density at radius 1 is 1.43 bits per heavy atom. The molecule has 0 radical (unpaired) electrons. The van der Waals surface area contributed by atoms with Crippen LogP contribution in [0.3, 0.4) is 0 Å². The largest absolute Gasteiger partial charge is 0.393 e. The Labute approximate surface area is 88.8 Å². The smallest absolute Gasteiger partial charge is 0.0541 e. The number of hydrogen-bond donors (Lipinski definition) is 2. The van der Waals surface area contributed by atoms with Gasteiger partial charge in [0.2, 0.25) is 0 Å². The van der Waals surface area contributed by atoms with Gasteiger partial charge < -0.3 is 10.8 Å². The molecule has 2 rings (SSSR count). The molecule has 1 heterocycles. The fourth-order valence-corrected chi connectivity index (χ4v) is 3.21. The molecule has 0 amide bonds. The molecule has 1 aromatic heterocycles. The standard InChI is InChI=1S/C11H17NOS/c1-8-6-14-7-10(8)11(12)4-2-9(13)3-5-11/h6-7,9,13H,2-5,12H2,1H3. The minimum atomic E-state index is -0.177. The lowest BCUT2D eigenvalue weighted by Crippen LogP contribution is -2.41. The van der Waals surface area contributed by atoms with Gasteiger partial charge >= 0.3 is 0 Å². The van der Waals surface area contributed by atoms with Crippen molar-refractivity contribution in [2.45, 2.75) is 44.2 Å². The van der Waals surface area contributed by atoms with Crippen molar-refractivity contribution in [2.75, 3.05) is 0 Å². The van der Waals surface area contributed by atoms with Crippen LogP contribution in [0.15, 0.2) is 10.8 Å². The van der Waals surface area contributed by atoms with Crippen molar-refractivity contribution in [1.29, 1.82) is 0 Å². The minimum absolute atomic E-state index is 0.134. The monoisotopic (exact) mass is 211 g/mol. The quantitative estimate of drug-likeness (QED) is 0.747. The van der Waals surface area contributed by atoms with Gasteiger partial charge in [0.15, 0.2) is 0 Å². The Kier molecular flexibility index (Phi) is 2.64. The highest BCUT2D eigenvalue weighted by Crippen LogP contribution is 2.37. The van der Waals surface area contributed by atoms with Crippen LogP contribution in [0.25, 0.3) is 0 Å². The number of thiophene rings is 1. The van der Waals surface area contributed by atoms with E-state index >= 15 is 0 Å². The maximum absolute atomic E-state index is 9.46. The van der Waals surface area contributed by atoms with Crippen molar-refractivity contribution >= 4 is 11.3 Å². The summed E-state index contributed by atoms with van der Waals surface area (Å²) in [4.78, 5) is 0. The number of aliphatic hydroxyl groups excluding tert-OH is 1. The summed E-state index contributed by atoms with van der Waals surface area (Å²) >= 11 is 1.72. The van der Waals surface area contributed by atoms with Gasteiger partial charge in [-0.3, -0.25) is 0 Å². The summed E-state index contributed by atoms with van der Waals surface area (Å²) in [5.41, 5.74) is 8.79. The molecule has 1 saturated carbocycles. The normalized spacial score (nSPS) is 33.2. The molecular weight excluding hydrogens is 194 g/mol. The van der Waals surface area contributed by atoms with Crippen molar-refractivity contribution in [1.82, 2.24) is 0 Å². The van der Waals surface area contributed by atoms with Gasteiger partial charge in [0.1, 0.15) is 0 Å². The van der Waals surface area contributed by atoms with Gasteiger partial charge in [0.05, 0.1) is 6.10 Å². The third kappa shape index (κ3) is 1.72. The lowest BCUT2D eigenvalue weighted by Gasteiger charge is -2.35. The van der Waals surface area contributed by atoms with Crippen LogP contribution in [-0.2, 0) is 5.54 Å². The van der Waals surface area contributed by atoms with E-state index in [0.717, 1.165) is 25.7 Å². The van der Waals surface area contributed by atoms with Crippen molar-refractivity contribution in [3.05, 3.63) is 21.9 Å². The first kappa shape index (κ1) is 10.1. The Morgan fingerprint density at radius 2 is 2.07 bits per heavy atom. The summed E-state index contributed by atoms with van der Waals surface area (Å²) in [5, 5.41) is 13.8. The number of aryl methyl sites for hydroxylation is 1. The summed E-state index contributed by atoms with van der Waals surface area (Å²) < 4.78 is 0. The molecular formula is C11H17NOS. The summed E-state index contributed by atoms with van der Waals surface area (Å²) in [6.45, 7) is 2.12. The van der Waals surface area contributed by atoms with E-state index in [1.807, 2.05) is 0 Å². The first-order chi connectivity index (χ1) is 6.62. The zero-order chi connectivity index (χ0) is 10.2. The average molecular weight is 211 g/mol. The van der Waals surface area contributed by atoms with Crippen molar-refractivity contribution < 1.29 is 5.11 Å². The molecule has 1 fully saturated rings. The van der Waals surface area contributed by atoms with Gasteiger partial charge in [-0.05, 0) is 54.5 Å². The molecule has 0 spiro atoms. The summed E-state index contributed by atoms with van der Waals surface area (Å²) in [5.74, 6) is 0. The Balaban J connectivity index is 2.21. The van der Waals surface area contributed by atoms with E-state index in [2.05, 4.69) is 17.7 Å². The minimum Gasteiger partial charge on any atom is -0.393 e. The molecule has 0 atom stereocenters. The third-order valence-corrected chi connectivity index (χ3v) is 4.10. The van der Waals surface area contributed by atoms with Gasteiger partial charge in [-0.2, -0.15) is 11.3 Å². The maximum Gasteiger partial charge on any atom is 0.0541 e. The molecule has 14 heavy (non-hydrogen) atoms. The molecule has 1 aliphatic rings. The predicted octanol–water partition coefficient (Wildman–Crippen LogP) is 2.15. The van der Waals surface area contributed by atoms with Crippen LogP contribution in [0.5, 0.6) is 0 Å². The van der Waals surface area contributed by atoms with E-state index in [1.54, 1.807) is 11.3 Å². The highest BCUT2D eigenvalue weighted by atomic mass is 32.1. The van der Waals surface area contributed by atoms with Crippen LogP contribution >= 0.6 is 11.3 Å². The molecule has 0 unspecified atom stereocenters.